The molecule has 3 heterocycles. The van der Waals surface area contributed by atoms with Crippen LogP contribution in [-0.4, -0.2) is 71.3 Å². The Hall–Kier alpha value is -3.05. The fourth-order valence-electron chi connectivity index (χ4n) is 3.50. The minimum Gasteiger partial charge on any atom is -0.462 e. The van der Waals surface area contributed by atoms with Gasteiger partial charge in [0.05, 0.1) is 17.1 Å². The second-order valence-electron chi connectivity index (χ2n) is 7.07. The number of carbonyl (C=O) groups is 1. The van der Waals surface area contributed by atoms with Crippen LogP contribution in [0.1, 0.15) is 30.0 Å². The Labute approximate surface area is 180 Å². The molecule has 31 heavy (non-hydrogen) atoms. The normalized spacial score (nSPS) is 15.4. The number of aryl methyl sites for hydroxylation is 1. The molecule has 0 amide bonds. The number of piperazine rings is 1. The Bertz CT molecular complexity index is 1180. The molecule has 164 valence electrons. The summed E-state index contributed by atoms with van der Waals surface area (Å²) < 4.78 is 34.2. The lowest BCUT2D eigenvalue weighted by atomic mass is 10.2. The van der Waals surface area contributed by atoms with Gasteiger partial charge in [0.15, 0.2) is 11.5 Å². The molecule has 0 atom stereocenters. The number of rotatable bonds is 6. The van der Waals surface area contributed by atoms with E-state index >= 15 is 0 Å². The van der Waals surface area contributed by atoms with Crippen molar-refractivity contribution in [3.8, 4) is 0 Å². The van der Waals surface area contributed by atoms with Gasteiger partial charge in [-0.05, 0) is 43.3 Å². The van der Waals surface area contributed by atoms with Gasteiger partial charge in [0.25, 0.3) is 0 Å². The third-order valence-electron chi connectivity index (χ3n) is 5.20. The highest BCUT2D eigenvalue weighted by Crippen LogP contribution is 2.21. The molecule has 0 bridgehead atoms. The first-order chi connectivity index (χ1) is 14.9. The van der Waals surface area contributed by atoms with Crippen molar-refractivity contribution in [1.29, 1.82) is 0 Å². The fraction of sp³-hybridized carbons (Fsp3) is 0.400. The number of benzene rings is 1. The van der Waals surface area contributed by atoms with Gasteiger partial charge >= 0.3 is 5.97 Å². The van der Waals surface area contributed by atoms with Crippen LogP contribution in [-0.2, 0) is 21.2 Å². The van der Waals surface area contributed by atoms with Crippen molar-refractivity contribution in [1.82, 2.24) is 24.1 Å². The molecular weight excluding hydrogens is 420 g/mol. The van der Waals surface area contributed by atoms with Gasteiger partial charge in [0.1, 0.15) is 5.82 Å². The van der Waals surface area contributed by atoms with Crippen LogP contribution in [0.3, 0.4) is 0 Å². The first kappa shape index (κ1) is 21.2. The van der Waals surface area contributed by atoms with E-state index in [0.29, 0.717) is 37.4 Å². The van der Waals surface area contributed by atoms with E-state index in [4.69, 9.17) is 4.74 Å². The Balaban J connectivity index is 1.46. The van der Waals surface area contributed by atoms with Crippen molar-refractivity contribution in [3.63, 3.8) is 0 Å². The van der Waals surface area contributed by atoms with E-state index in [9.17, 15) is 13.2 Å². The van der Waals surface area contributed by atoms with Gasteiger partial charge in [-0.1, -0.05) is 6.92 Å². The van der Waals surface area contributed by atoms with E-state index in [-0.39, 0.29) is 11.5 Å². The van der Waals surface area contributed by atoms with Crippen molar-refractivity contribution in [2.75, 3.05) is 37.7 Å². The van der Waals surface area contributed by atoms with Crippen LogP contribution in [0.15, 0.2) is 41.3 Å². The number of hydrogen-bond donors (Lipinski definition) is 0. The molecule has 1 aromatic carbocycles. The van der Waals surface area contributed by atoms with E-state index in [0.717, 1.165) is 18.1 Å². The quantitative estimate of drug-likeness (QED) is 0.525. The van der Waals surface area contributed by atoms with E-state index < -0.39 is 16.0 Å². The maximum Gasteiger partial charge on any atom is 0.338 e. The predicted octanol–water partition coefficient (Wildman–Crippen LogP) is 1.37. The molecule has 10 nitrogen and oxygen atoms in total. The Morgan fingerprint density at radius 3 is 2.35 bits per heavy atom. The maximum absolute atomic E-state index is 13.0. The third-order valence-corrected chi connectivity index (χ3v) is 7.11. The van der Waals surface area contributed by atoms with Gasteiger partial charge in [-0.2, -0.15) is 8.82 Å². The van der Waals surface area contributed by atoms with Crippen LogP contribution in [0.2, 0.25) is 0 Å². The fourth-order valence-corrected chi connectivity index (χ4v) is 4.92. The van der Waals surface area contributed by atoms with Crippen molar-refractivity contribution < 1.29 is 17.9 Å². The van der Waals surface area contributed by atoms with Crippen LogP contribution in [0, 0.1) is 0 Å². The van der Waals surface area contributed by atoms with Crippen LogP contribution < -0.4 is 4.90 Å². The van der Waals surface area contributed by atoms with E-state index in [1.54, 1.807) is 11.4 Å². The molecule has 2 aromatic heterocycles. The van der Waals surface area contributed by atoms with Gasteiger partial charge in [0.2, 0.25) is 10.0 Å². The lowest BCUT2D eigenvalue weighted by molar-refractivity contribution is 0.0526. The van der Waals surface area contributed by atoms with Crippen molar-refractivity contribution in [3.05, 3.63) is 47.8 Å². The predicted molar refractivity (Wildman–Crippen MR) is 114 cm³/mol. The minimum atomic E-state index is -3.65. The van der Waals surface area contributed by atoms with Crippen molar-refractivity contribution in [2.45, 2.75) is 25.2 Å². The minimum absolute atomic E-state index is 0.158. The Morgan fingerprint density at radius 2 is 1.71 bits per heavy atom. The summed E-state index contributed by atoms with van der Waals surface area (Å²) in [5, 5.41) is 12.8. The summed E-state index contributed by atoms with van der Waals surface area (Å²) in [6.07, 6.45) is 0.721. The van der Waals surface area contributed by atoms with Crippen LogP contribution in [0.5, 0.6) is 0 Å². The number of anilines is 1. The topological polar surface area (TPSA) is 110 Å². The number of fused-ring (bicyclic) bond motifs is 1. The van der Waals surface area contributed by atoms with Crippen LogP contribution in [0.25, 0.3) is 5.65 Å². The lowest BCUT2D eigenvalue weighted by Gasteiger charge is -2.34. The summed E-state index contributed by atoms with van der Waals surface area (Å²) in [5.41, 5.74) is 1.01. The summed E-state index contributed by atoms with van der Waals surface area (Å²) in [4.78, 5) is 14.0. The average Bonchev–Trinajstić information content (AvgIpc) is 3.22. The molecule has 0 N–H and O–H groups in total. The van der Waals surface area contributed by atoms with Gasteiger partial charge in [-0.3, -0.25) is 0 Å². The van der Waals surface area contributed by atoms with Gasteiger partial charge in [0, 0.05) is 32.6 Å². The monoisotopic (exact) mass is 444 g/mol. The zero-order chi connectivity index (χ0) is 22.0. The lowest BCUT2D eigenvalue weighted by Crippen LogP contribution is -2.49. The van der Waals surface area contributed by atoms with E-state index in [2.05, 4.69) is 20.2 Å². The number of sulfonamides is 1. The largest absolute Gasteiger partial charge is 0.462 e. The number of nitrogens with zero attached hydrogens (tertiary/aromatic N) is 6. The SMILES string of the molecule is CCOC(=O)c1ccc(S(=O)(=O)N2CCN(c3ccc4nnc(CC)n4n3)CC2)cc1. The molecule has 1 fully saturated rings. The molecule has 0 aliphatic carbocycles. The number of esters is 1. The second-order valence-corrected chi connectivity index (χ2v) is 9.01. The summed E-state index contributed by atoms with van der Waals surface area (Å²) in [7, 11) is -3.65. The van der Waals surface area contributed by atoms with E-state index in [1.165, 1.54) is 28.6 Å². The molecular formula is C20H24N6O4S. The first-order valence-corrected chi connectivity index (χ1v) is 11.6. The summed E-state index contributed by atoms with van der Waals surface area (Å²) in [6.45, 7) is 5.69. The van der Waals surface area contributed by atoms with Gasteiger partial charge in [-0.25, -0.2) is 13.2 Å². The molecule has 1 aliphatic heterocycles. The average molecular weight is 445 g/mol. The third kappa shape index (κ3) is 4.10. The van der Waals surface area contributed by atoms with Crippen LogP contribution >= 0.6 is 0 Å². The molecule has 1 saturated heterocycles. The zero-order valence-electron chi connectivity index (χ0n) is 17.4. The summed E-state index contributed by atoms with van der Waals surface area (Å²) in [6, 6.07) is 9.59. The van der Waals surface area contributed by atoms with Gasteiger partial charge < -0.3 is 9.64 Å². The number of aromatic nitrogens is 4. The smallest absolute Gasteiger partial charge is 0.338 e. The molecule has 0 unspecified atom stereocenters. The highest BCUT2D eigenvalue weighted by molar-refractivity contribution is 7.89. The molecule has 11 heteroatoms. The second kappa shape index (κ2) is 8.60. The maximum atomic E-state index is 13.0. The molecule has 0 spiro atoms. The van der Waals surface area contributed by atoms with Gasteiger partial charge in [-0.15, -0.1) is 15.3 Å². The summed E-state index contributed by atoms with van der Waals surface area (Å²) in [5.74, 6) is 1.08. The van der Waals surface area contributed by atoms with Crippen molar-refractivity contribution >= 4 is 27.5 Å². The molecule has 1 aliphatic rings. The molecule has 0 saturated carbocycles. The Morgan fingerprint density at radius 1 is 1.00 bits per heavy atom. The summed E-state index contributed by atoms with van der Waals surface area (Å²) >= 11 is 0. The first-order valence-electron chi connectivity index (χ1n) is 10.2. The molecule has 4 rings (SSSR count). The number of ether oxygens (including phenoxy) is 1. The molecule has 0 radical (unpaired) electrons. The Kier molecular flexibility index (Phi) is 5.88. The molecule has 3 aromatic rings. The van der Waals surface area contributed by atoms with Crippen LogP contribution in [0.4, 0.5) is 5.82 Å². The highest BCUT2D eigenvalue weighted by Gasteiger charge is 2.29. The van der Waals surface area contributed by atoms with E-state index in [1.807, 2.05) is 19.1 Å². The highest BCUT2D eigenvalue weighted by atomic mass is 32.2. The zero-order valence-corrected chi connectivity index (χ0v) is 18.2. The number of carbonyl (C=O) groups excluding carboxylic acids is 1. The number of hydrogen-bond acceptors (Lipinski definition) is 8. The van der Waals surface area contributed by atoms with Crippen molar-refractivity contribution in [2.24, 2.45) is 0 Å². The standard InChI is InChI=1S/C20H24N6O4S/c1-3-17-21-22-18-9-10-19(23-26(17)18)24-11-13-25(14-12-24)31(28,29)16-7-5-15(6-8-16)20(27)30-4-2/h5-10H,3-4,11-14H2,1-2H3.